The van der Waals surface area contributed by atoms with Crippen LogP contribution in [0.2, 0.25) is 0 Å². The van der Waals surface area contributed by atoms with Crippen molar-refractivity contribution in [1.82, 2.24) is 20.0 Å². The van der Waals surface area contributed by atoms with E-state index in [0.29, 0.717) is 35.3 Å². The topological polar surface area (TPSA) is 215 Å². The van der Waals surface area contributed by atoms with Gasteiger partial charge < -0.3 is 32.0 Å². The molecule has 1 fully saturated rings. The van der Waals surface area contributed by atoms with Crippen LogP contribution in [0.15, 0.2) is 67.0 Å². The highest BCUT2D eigenvalue weighted by Gasteiger charge is 2.61. The number of hydrogen-bond acceptors (Lipinski definition) is 11. The van der Waals surface area contributed by atoms with Gasteiger partial charge in [0.2, 0.25) is 17.7 Å². The van der Waals surface area contributed by atoms with E-state index in [1.807, 2.05) is 0 Å². The molecule has 1 saturated carbocycles. The van der Waals surface area contributed by atoms with Crippen LogP contribution in [-0.2, 0) is 48.2 Å². The molecule has 60 heavy (non-hydrogen) atoms. The van der Waals surface area contributed by atoms with Gasteiger partial charge in [0, 0.05) is 38.0 Å². The van der Waals surface area contributed by atoms with Crippen molar-refractivity contribution in [1.29, 1.82) is 0 Å². The molecule has 5 rings (SSSR count). The van der Waals surface area contributed by atoms with Crippen molar-refractivity contribution >= 4 is 29.5 Å². The number of alkyl halides is 3. The SMILES string of the molecule is CC(=O)N(C(=O)[C@@H](N)Cc1ccccc1)[C@@](Cn1cccn1)(C(=O)[C@@H](CC1CCCCC1)[C@H](OC(=O)C(F)(F)F)C(N)C(=O)NCC(C)C)C1COc2ccc(CN)cc21. The first-order valence-corrected chi connectivity index (χ1v) is 20.4. The summed E-state index contributed by atoms with van der Waals surface area (Å²) in [5.41, 5.74) is 18.5. The van der Waals surface area contributed by atoms with Gasteiger partial charge in [-0.05, 0) is 47.9 Å². The summed E-state index contributed by atoms with van der Waals surface area (Å²) in [5, 5.41) is 6.96. The first-order valence-electron chi connectivity index (χ1n) is 20.4. The highest BCUT2D eigenvalue weighted by molar-refractivity contribution is 6.06. The first-order chi connectivity index (χ1) is 28.5. The Balaban J connectivity index is 1.81. The standard InChI is InChI=1S/C43H56F3N7O7/c1-26(2)23-50-39(56)36(49)37(60-41(58)43(44,45)46)32(19-28-11-6-4-7-12-28)38(55)42(25-52-18-10-17-51-52,33-24-59-35-16-15-30(22-47)20-31(33)35)53(27(3)54)40(57)34(48)21-29-13-8-5-9-14-29/h5,8-10,13-18,20,26,28,32-34,36-37H,4,6-7,11-12,19,21-25,47-49H2,1-3H3,(H,50,56)/t32-,33?,34-,36?,37-,42+/m0/s1. The third-order valence-corrected chi connectivity index (χ3v) is 11.5. The molecule has 14 nitrogen and oxygen atoms in total. The highest BCUT2D eigenvalue weighted by Crippen LogP contribution is 2.48. The Morgan fingerprint density at radius 3 is 2.30 bits per heavy atom. The molecule has 1 aliphatic carbocycles. The van der Waals surface area contributed by atoms with Crippen molar-refractivity contribution in [2.24, 2.45) is 35.0 Å². The molecule has 2 aromatic carbocycles. The molecule has 326 valence electrons. The molecular formula is C43H56F3N7O7. The number of rotatable bonds is 18. The summed E-state index contributed by atoms with van der Waals surface area (Å²) in [6.07, 6.45) is -1.57. The summed E-state index contributed by atoms with van der Waals surface area (Å²) in [6.45, 7) is 4.00. The number of fused-ring (bicyclic) bond motifs is 1. The molecule has 6 atom stereocenters. The number of halogens is 3. The lowest BCUT2D eigenvalue weighted by molar-refractivity contribution is -0.209. The fraction of sp³-hybridized carbons (Fsp3) is 0.535. The number of carbonyl (C=O) groups excluding carboxylic acids is 5. The number of imide groups is 1. The van der Waals surface area contributed by atoms with Gasteiger partial charge in [0.1, 0.15) is 23.4 Å². The van der Waals surface area contributed by atoms with E-state index in [1.165, 1.54) is 17.1 Å². The van der Waals surface area contributed by atoms with Crippen LogP contribution in [-0.4, -0.2) is 87.2 Å². The van der Waals surface area contributed by atoms with E-state index in [0.717, 1.165) is 31.1 Å². The number of amides is 3. The molecule has 0 radical (unpaired) electrons. The van der Waals surface area contributed by atoms with Crippen LogP contribution in [0.25, 0.3) is 0 Å². The smallest absolute Gasteiger partial charge is 0.490 e. The maximum Gasteiger partial charge on any atom is 0.490 e. The van der Waals surface area contributed by atoms with Gasteiger partial charge in [-0.25, -0.2) is 4.79 Å². The molecule has 3 amide bonds. The van der Waals surface area contributed by atoms with E-state index in [4.69, 9.17) is 26.7 Å². The van der Waals surface area contributed by atoms with Crippen LogP contribution in [0, 0.1) is 17.8 Å². The van der Waals surface area contributed by atoms with E-state index in [9.17, 15) is 27.6 Å². The number of nitrogens with one attached hydrogen (secondary N) is 1. The maximum atomic E-state index is 16.4. The molecule has 7 N–H and O–H groups in total. The predicted molar refractivity (Wildman–Crippen MR) is 215 cm³/mol. The van der Waals surface area contributed by atoms with Crippen LogP contribution in [0.4, 0.5) is 13.2 Å². The maximum absolute atomic E-state index is 16.4. The zero-order chi connectivity index (χ0) is 43.8. The predicted octanol–water partition coefficient (Wildman–Crippen LogP) is 3.93. The Hall–Kier alpha value is -5.13. The monoisotopic (exact) mass is 839 g/mol. The number of nitrogens with zero attached hydrogens (tertiary/aromatic N) is 3. The molecule has 2 heterocycles. The molecule has 17 heteroatoms. The van der Waals surface area contributed by atoms with Crippen molar-refractivity contribution in [3.63, 3.8) is 0 Å². The van der Waals surface area contributed by atoms with Crippen LogP contribution in [0.5, 0.6) is 5.75 Å². The average Bonchev–Trinajstić information content (AvgIpc) is 3.90. The van der Waals surface area contributed by atoms with Gasteiger partial charge >= 0.3 is 12.1 Å². The number of esters is 1. The summed E-state index contributed by atoms with van der Waals surface area (Å²) in [5.74, 6) is -9.55. The van der Waals surface area contributed by atoms with Crippen molar-refractivity contribution in [2.45, 2.75) is 115 Å². The van der Waals surface area contributed by atoms with Gasteiger partial charge in [-0.1, -0.05) is 88.4 Å². The first kappa shape index (κ1) is 45.9. The normalized spacial score (nSPS) is 18.6. The molecule has 0 saturated heterocycles. The van der Waals surface area contributed by atoms with Crippen molar-refractivity contribution in [2.75, 3.05) is 13.2 Å². The lowest BCUT2D eigenvalue weighted by Gasteiger charge is -2.48. The molecule has 2 unspecified atom stereocenters. The molecule has 1 aliphatic heterocycles. The Kier molecular flexibility index (Phi) is 15.3. The number of benzene rings is 2. The molecular weight excluding hydrogens is 784 g/mol. The number of ether oxygens (including phenoxy) is 2. The molecule has 3 aromatic rings. The Morgan fingerprint density at radius 1 is 1.00 bits per heavy atom. The van der Waals surface area contributed by atoms with E-state index in [2.05, 4.69) is 10.4 Å². The van der Waals surface area contributed by atoms with Gasteiger partial charge in [0.05, 0.1) is 31.0 Å². The quantitative estimate of drug-likeness (QED) is 0.135. The number of hydrogen-bond donors (Lipinski definition) is 4. The minimum atomic E-state index is -5.54. The Morgan fingerprint density at radius 2 is 1.70 bits per heavy atom. The zero-order valence-corrected chi connectivity index (χ0v) is 34.2. The van der Waals surface area contributed by atoms with Crippen LogP contribution < -0.4 is 27.3 Å². The number of ketones is 1. The van der Waals surface area contributed by atoms with E-state index >= 15 is 9.59 Å². The van der Waals surface area contributed by atoms with E-state index < -0.39 is 77.8 Å². The second kappa shape index (κ2) is 20.0. The van der Waals surface area contributed by atoms with Crippen molar-refractivity contribution in [3.8, 4) is 5.75 Å². The van der Waals surface area contributed by atoms with Gasteiger partial charge in [-0.15, -0.1) is 0 Å². The third-order valence-electron chi connectivity index (χ3n) is 11.5. The second-order valence-corrected chi connectivity index (χ2v) is 16.3. The molecule has 0 spiro atoms. The van der Waals surface area contributed by atoms with E-state index in [1.54, 1.807) is 68.4 Å². The summed E-state index contributed by atoms with van der Waals surface area (Å²) in [4.78, 5) is 73.3. The van der Waals surface area contributed by atoms with Crippen LogP contribution in [0.1, 0.15) is 81.9 Å². The fourth-order valence-electron chi connectivity index (χ4n) is 8.54. The molecule has 2 aliphatic rings. The summed E-state index contributed by atoms with van der Waals surface area (Å²) in [7, 11) is 0. The summed E-state index contributed by atoms with van der Waals surface area (Å²) in [6, 6.07) is 12.0. The lowest BCUT2D eigenvalue weighted by atomic mass is 9.67. The van der Waals surface area contributed by atoms with Crippen molar-refractivity contribution < 1.29 is 46.6 Å². The zero-order valence-electron chi connectivity index (χ0n) is 34.2. The number of nitrogens with two attached hydrogens (primary N) is 3. The Bertz CT molecular complexity index is 1960. The van der Waals surface area contributed by atoms with E-state index in [-0.39, 0.29) is 44.4 Å². The van der Waals surface area contributed by atoms with Gasteiger partial charge in [0.15, 0.2) is 5.78 Å². The molecule has 1 aromatic heterocycles. The molecule has 0 bridgehead atoms. The summed E-state index contributed by atoms with van der Waals surface area (Å²) < 4.78 is 55.2. The lowest BCUT2D eigenvalue weighted by Crippen LogP contribution is -2.70. The summed E-state index contributed by atoms with van der Waals surface area (Å²) >= 11 is 0. The largest absolute Gasteiger partial charge is 0.493 e. The Labute approximate surface area is 347 Å². The minimum Gasteiger partial charge on any atom is -0.493 e. The van der Waals surface area contributed by atoms with Crippen LogP contribution >= 0.6 is 0 Å². The van der Waals surface area contributed by atoms with Gasteiger partial charge in [-0.2, -0.15) is 18.3 Å². The minimum absolute atomic E-state index is 0.0528. The fourth-order valence-corrected chi connectivity index (χ4v) is 8.54. The third kappa shape index (κ3) is 10.6. The number of Topliss-reactive ketones (excluding diaryl/α,β-unsaturated/α-hetero) is 1. The van der Waals surface area contributed by atoms with Gasteiger partial charge in [-0.3, -0.25) is 28.8 Å². The van der Waals surface area contributed by atoms with Crippen molar-refractivity contribution in [3.05, 3.63) is 83.7 Å². The van der Waals surface area contributed by atoms with Crippen LogP contribution in [0.3, 0.4) is 0 Å². The number of carbonyl (C=O) groups is 5. The highest BCUT2D eigenvalue weighted by atomic mass is 19.4. The van der Waals surface area contributed by atoms with Gasteiger partial charge in [0.25, 0.3) is 0 Å². The second-order valence-electron chi connectivity index (χ2n) is 16.3. The number of aromatic nitrogens is 2. The average molecular weight is 840 g/mol.